The fraction of sp³-hybridized carbons (Fsp3) is 0.643. The fourth-order valence-corrected chi connectivity index (χ4v) is 2.10. The third-order valence-electron chi connectivity index (χ3n) is 3.74. The van der Waals surface area contributed by atoms with Crippen molar-refractivity contribution in [3.05, 3.63) is 29.6 Å². The van der Waals surface area contributed by atoms with Crippen LogP contribution in [0.15, 0.2) is 18.5 Å². The molecule has 6 heteroatoms. The predicted molar refractivity (Wildman–Crippen MR) is 73.4 cm³/mol. The largest absolute Gasteiger partial charge is 0.416 e. The molecular weight excluding hydrogens is 267 g/mol. The van der Waals surface area contributed by atoms with E-state index < -0.39 is 23.3 Å². The molecule has 1 aromatic heterocycles. The molecule has 0 saturated heterocycles. The summed E-state index contributed by atoms with van der Waals surface area (Å²) < 4.78 is 39.5. The molecule has 20 heavy (non-hydrogen) atoms. The van der Waals surface area contributed by atoms with Crippen LogP contribution in [-0.2, 0) is 6.18 Å². The molecule has 3 nitrogen and oxygen atoms in total. The second-order valence-corrected chi connectivity index (χ2v) is 5.50. The number of pyridine rings is 1. The van der Waals surface area contributed by atoms with Crippen LogP contribution in [0, 0.1) is 0 Å². The number of hydrogen-bond donors (Lipinski definition) is 1. The lowest BCUT2D eigenvalue weighted by atomic mass is 9.86. The molecule has 1 unspecified atom stereocenters. The molecular formula is C14H22F3N3. The van der Waals surface area contributed by atoms with Crippen LogP contribution >= 0.6 is 0 Å². The molecule has 114 valence electrons. The number of nitrogens with zero attached hydrogens (tertiary/aromatic N) is 2. The number of halogens is 3. The van der Waals surface area contributed by atoms with Crippen molar-refractivity contribution in [2.24, 2.45) is 0 Å². The molecule has 1 rings (SSSR count). The standard InChI is InChI=1S/C14H22F3N3/c1-6-19-12(13(2,3)20(4)5)10-9-18-8-7-11(10)14(15,16)17/h7-9,12,19H,6H2,1-5H3. The van der Waals surface area contributed by atoms with Gasteiger partial charge in [-0.1, -0.05) is 6.92 Å². The molecule has 0 radical (unpaired) electrons. The van der Waals surface area contributed by atoms with Crippen LogP contribution in [0.25, 0.3) is 0 Å². The Morgan fingerprint density at radius 1 is 1.30 bits per heavy atom. The zero-order chi connectivity index (χ0) is 15.6. The lowest BCUT2D eigenvalue weighted by molar-refractivity contribution is -0.138. The summed E-state index contributed by atoms with van der Waals surface area (Å²) in [6.07, 6.45) is -1.90. The van der Waals surface area contributed by atoms with Gasteiger partial charge in [-0.3, -0.25) is 4.98 Å². The molecule has 0 bridgehead atoms. The second kappa shape index (κ2) is 6.10. The first-order valence-corrected chi connectivity index (χ1v) is 6.54. The van der Waals surface area contributed by atoms with Gasteiger partial charge in [-0.25, -0.2) is 0 Å². The molecule has 0 spiro atoms. The van der Waals surface area contributed by atoms with Gasteiger partial charge < -0.3 is 10.2 Å². The van der Waals surface area contributed by atoms with Crippen molar-refractivity contribution >= 4 is 0 Å². The quantitative estimate of drug-likeness (QED) is 0.903. The fourth-order valence-electron chi connectivity index (χ4n) is 2.10. The van der Waals surface area contributed by atoms with Gasteiger partial charge in [0.25, 0.3) is 0 Å². The Kier molecular flexibility index (Phi) is 5.15. The van der Waals surface area contributed by atoms with E-state index in [1.165, 1.54) is 12.4 Å². The Balaban J connectivity index is 3.37. The predicted octanol–water partition coefficient (Wildman–Crippen LogP) is 3.09. The molecule has 0 saturated carbocycles. The highest BCUT2D eigenvalue weighted by Crippen LogP contribution is 2.38. The maximum absolute atomic E-state index is 13.2. The van der Waals surface area contributed by atoms with Crippen molar-refractivity contribution < 1.29 is 13.2 Å². The average Bonchev–Trinajstić information content (AvgIpc) is 2.34. The smallest absolute Gasteiger partial charge is 0.309 e. The molecule has 0 aliphatic heterocycles. The third-order valence-corrected chi connectivity index (χ3v) is 3.74. The van der Waals surface area contributed by atoms with Crippen molar-refractivity contribution in [3.8, 4) is 0 Å². The Hall–Kier alpha value is -1.14. The Morgan fingerprint density at radius 3 is 2.35 bits per heavy atom. The Morgan fingerprint density at radius 2 is 1.90 bits per heavy atom. The highest BCUT2D eigenvalue weighted by atomic mass is 19.4. The van der Waals surface area contributed by atoms with Crippen molar-refractivity contribution in [1.82, 2.24) is 15.2 Å². The first-order chi connectivity index (χ1) is 9.12. The lowest BCUT2D eigenvalue weighted by Crippen LogP contribution is -2.49. The van der Waals surface area contributed by atoms with Gasteiger partial charge in [-0.2, -0.15) is 13.2 Å². The van der Waals surface area contributed by atoms with E-state index in [2.05, 4.69) is 10.3 Å². The van der Waals surface area contributed by atoms with E-state index in [4.69, 9.17) is 0 Å². The summed E-state index contributed by atoms with van der Waals surface area (Å²) in [5.41, 5.74) is -0.937. The summed E-state index contributed by atoms with van der Waals surface area (Å²) in [5, 5.41) is 3.15. The van der Waals surface area contributed by atoms with Crippen molar-refractivity contribution in [3.63, 3.8) is 0 Å². The number of alkyl halides is 3. The van der Waals surface area contributed by atoms with Crippen LogP contribution in [0.3, 0.4) is 0 Å². The lowest BCUT2D eigenvalue weighted by Gasteiger charge is -2.41. The van der Waals surface area contributed by atoms with Gasteiger partial charge in [0.15, 0.2) is 0 Å². The molecule has 1 N–H and O–H groups in total. The van der Waals surface area contributed by atoms with Crippen LogP contribution in [0.1, 0.15) is 37.9 Å². The zero-order valence-corrected chi connectivity index (χ0v) is 12.5. The van der Waals surface area contributed by atoms with Gasteiger partial charge in [-0.15, -0.1) is 0 Å². The van der Waals surface area contributed by atoms with E-state index in [0.29, 0.717) is 6.54 Å². The van der Waals surface area contributed by atoms with Gasteiger partial charge in [-0.05, 0) is 40.6 Å². The molecule has 0 fully saturated rings. The van der Waals surface area contributed by atoms with Crippen LogP contribution in [-0.4, -0.2) is 36.1 Å². The maximum atomic E-state index is 13.2. The molecule has 0 amide bonds. The number of hydrogen-bond acceptors (Lipinski definition) is 3. The van der Waals surface area contributed by atoms with Crippen LogP contribution in [0.2, 0.25) is 0 Å². The van der Waals surface area contributed by atoms with E-state index in [0.717, 1.165) is 6.07 Å². The van der Waals surface area contributed by atoms with E-state index >= 15 is 0 Å². The van der Waals surface area contributed by atoms with E-state index in [9.17, 15) is 13.2 Å². The third kappa shape index (κ3) is 3.49. The first kappa shape index (κ1) is 16.9. The maximum Gasteiger partial charge on any atom is 0.416 e. The highest BCUT2D eigenvalue weighted by Gasteiger charge is 2.40. The molecule has 1 heterocycles. The first-order valence-electron chi connectivity index (χ1n) is 6.54. The van der Waals surface area contributed by atoms with E-state index in [1.54, 1.807) is 0 Å². The molecule has 0 aromatic carbocycles. The minimum Gasteiger partial charge on any atom is -0.309 e. The van der Waals surface area contributed by atoms with Gasteiger partial charge >= 0.3 is 6.18 Å². The summed E-state index contributed by atoms with van der Waals surface area (Å²) in [4.78, 5) is 5.79. The summed E-state index contributed by atoms with van der Waals surface area (Å²) in [6.45, 7) is 6.28. The number of rotatable bonds is 5. The minimum atomic E-state index is -4.38. The molecule has 1 atom stereocenters. The Labute approximate surface area is 118 Å². The van der Waals surface area contributed by atoms with Crippen molar-refractivity contribution in [2.45, 2.75) is 38.5 Å². The molecule has 0 aliphatic carbocycles. The number of aromatic nitrogens is 1. The van der Waals surface area contributed by atoms with Crippen molar-refractivity contribution in [1.29, 1.82) is 0 Å². The van der Waals surface area contributed by atoms with Crippen LogP contribution in [0.4, 0.5) is 13.2 Å². The summed E-state index contributed by atoms with van der Waals surface area (Å²) in [5.74, 6) is 0. The topological polar surface area (TPSA) is 28.2 Å². The minimum absolute atomic E-state index is 0.181. The summed E-state index contributed by atoms with van der Waals surface area (Å²) in [6, 6.07) is 0.568. The van der Waals surface area contributed by atoms with Gasteiger partial charge in [0.05, 0.1) is 11.6 Å². The molecule has 0 aliphatic rings. The normalized spacial score (nSPS) is 14.7. The molecule has 1 aromatic rings. The average molecular weight is 289 g/mol. The second-order valence-electron chi connectivity index (χ2n) is 5.50. The number of likely N-dealkylation sites (N-methyl/N-ethyl adjacent to an activating group) is 2. The number of nitrogens with one attached hydrogen (secondary N) is 1. The monoisotopic (exact) mass is 289 g/mol. The Bertz CT molecular complexity index is 442. The zero-order valence-electron chi connectivity index (χ0n) is 12.5. The van der Waals surface area contributed by atoms with E-state index in [-0.39, 0.29) is 5.56 Å². The summed E-state index contributed by atoms with van der Waals surface area (Å²) in [7, 11) is 3.71. The highest BCUT2D eigenvalue weighted by molar-refractivity contribution is 5.31. The van der Waals surface area contributed by atoms with Gasteiger partial charge in [0.2, 0.25) is 0 Å². The summed E-state index contributed by atoms with van der Waals surface area (Å²) >= 11 is 0. The van der Waals surface area contributed by atoms with Crippen molar-refractivity contribution in [2.75, 3.05) is 20.6 Å². The van der Waals surface area contributed by atoms with Crippen LogP contribution in [0.5, 0.6) is 0 Å². The SMILES string of the molecule is CCNC(c1cnccc1C(F)(F)F)C(C)(C)N(C)C. The van der Waals surface area contributed by atoms with E-state index in [1.807, 2.05) is 39.8 Å². The van der Waals surface area contributed by atoms with Gasteiger partial charge in [0, 0.05) is 23.5 Å². The van der Waals surface area contributed by atoms with Gasteiger partial charge in [0.1, 0.15) is 0 Å². The van der Waals surface area contributed by atoms with Crippen LogP contribution < -0.4 is 5.32 Å².